The summed E-state index contributed by atoms with van der Waals surface area (Å²) in [5.41, 5.74) is 0. The number of hydrogen-bond donors (Lipinski definition) is 1. The van der Waals surface area contributed by atoms with Crippen molar-refractivity contribution in [2.45, 2.75) is 12.8 Å². The molecule has 2 nitrogen and oxygen atoms in total. The molecule has 0 aromatic carbocycles. The molecule has 0 unspecified atom stereocenters. The zero-order valence-electron chi connectivity index (χ0n) is 7.01. The minimum absolute atomic E-state index is 0.838. The second-order valence-electron chi connectivity index (χ2n) is 3.01. The second-order valence-corrected chi connectivity index (χ2v) is 3.01. The van der Waals surface area contributed by atoms with E-state index in [1.807, 2.05) is 6.08 Å². The predicted octanol–water partition coefficient (Wildman–Crippen LogP) is 1.19. The Morgan fingerprint density at radius 2 is 2.36 bits per heavy atom. The van der Waals surface area contributed by atoms with E-state index in [0.717, 1.165) is 32.2 Å². The van der Waals surface area contributed by atoms with Crippen molar-refractivity contribution in [3.05, 3.63) is 12.7 Å². The molecule has 1 saturated carbocycles. The van der Waals surface area contributed by atoms with Crippen LogP contribution < -0.4 is 5.32 Å². The molecule has 0 bridgehead atoms. The van der Waals surface area contributed by atoms with Crippen molar-refractivity contribution in [2.24, 2.45) is 5.92 Å². The molecule has 1 rings (SSSR count). The van der Waals surface area contributed by atoms with Gasteiger partial charge in [0, 0.05) is 19.7 Å². The summed E-state index contributed by atoms with van der Waals surface area (Å²) in [6.45, 7) is 7.24. The van der Waals surface area contributed by atoms with Gasteiger partial charge in [-0.2, -0.15) is 0 Å². The summed E-state index contributed by atoms with van der Waals surface area (Å²) in [6, 6.07) is 0. The smallest absolute Gasteiger partial charge is 0.0591 e. The maximum absolute atomic E-state index is 5.41. The maximum Gasteiger partial charge on any atom is 0.0591 e. The van der Waals surface area contributed by atoms with E-state index in [1.54, 1.807) is 0 Å². The van der Waals surface area contributed by atoms with E-state index in [0.29, 0.717) is 0 Å². The Balaban J connectivity index is 1.69. The third kappa shape index (κ3) is 4.99. The van der Waals surface area contributed by atoms with Gasteiger partial charge in [0.1, 0.15) is 0 Å². The first-order valence-electron chi connectivity index (χ1n) is 4.33. The molecule has 0 atom stereocenters. The van der Waals surface area contributed by atoms with E-state index >= 15 is 0 Å². The first-order chi connectivity index (χ1) is 5.43. The van der Waals surface area contributed by atoms with E-state index in [2.05, 4.69) is 11.9 Å². The summed E-state index contributed by atoms with van der Waals surface area (Å²) in [4.78, 5) is 0. The summed E-state index contributed by atoms with van der Waals surface area (Å²) in [6.07, 6.45) is 4.61. The van der Waals surface area contributed by atoms with Gasteiger partial charge in [-0.15, -0.1) is 6.58 Å². The van der Waals surface area contributed by atoms with Crippen LogP contribution in [-0.2, 0) is 4.74 Å². The highest BCUT2D eigenvalue weighted by Gasteiger charge is 2.20. The van der Waals surface area contributed by atoms with Gasteiger partial charge in [-0.1, -0.05) is 6.08 Å². The highest BCUT2D eigenvalue weighted by molar-refractivity contribution is 4.72. The zero-order chi connectivity index (χ0) is 7.94. The average Bonchev–Trinajstić information content (AvgIpc) is 2.80. The van der Waals surface area contributed by atoms with Crippen LogP contribution in [0.25, 0.3) is 0 Å². The Labute approximate surface area is 68.6 Å². The van der Waals surface area contributed by atoms with Gasteiger partial charge in [-0.3, -0.25) is 0 Å². The summed E-state index contributed by atoms with van der Waals surface area (Å²) >= 11 is 0. The zero-order valence-corrected chi connectivity index (χ0v) is 7.01. The maximum atomic E-state index is 5.41. The fraction of sp³-hybridized carbons (Fsp3) is 0.778. The summed E-state index contributed by atoms with van der Waals surface area (Å²) in [5.74, 6) is 0.884. The molecular weight excluding hydrogens is 138 g/mol. The highest BCUT2D eigenvalue weighted by atomic mass is 16.5. The lowest BCUT2D eigenvalue weighted by Gasteiger charge is -2.02. The quantitative estimate of drug-likeness (QED) is 0.440. The second kappa shape index (κ2) is 5.33. The lowest BCUT2D eigenvalue weighted by Crippen LogP contribution is -2.19. The van der Waals surface area contributed by atoms with Crippen LogP contribution in [0, 0.1) is 5.92 Å². The summed E-state index contributed by atoms with van der Waals surface area (Å²) in [5, 5.41) is 3.19. The number of nitrogens with one attached hydrogen (secondary N) is 1. The van der Waals surface area contributed by atoms with Crippen LogP contribution >= 0.6 is 0 Å². The van der Waals surface area contributed by atoms with Crippen LogP contribution in [0.5, 0.6) is 0 Å². The number of ether oxygens (including phenoxy) is 1. The molecular formula is C9H17NO. The van der Waals surface area contributed by atoms with Crippen molar-refractivity contribution in [1.82, 2.24) is 5.32 Å². The van der Waals surface area contributed by atoms with Crippen molar-refractivity contribution in [3.8, 4) is 0 Å². The minimum Gasteiger partial charge on any atom is -0.380 e. The standard InChI is InChI=1S/C9H17NO/c1-2-5-10-6-7-11-8-9-3-4-9/h2,9-10H,1,3-8H2. The van der Waals surface area contributed by atoms with Crippen LogP contribution in [0.15, 0.2) is 12.7 Å². The van der Waals surface area contributed by atoms with Gasteiger partial charge in [0.15, 0.2) is 0 Å². The van der Waals surface area contributed by atoms with Crippen LogP contribution in [0.4, 0.5) is 0 Å². The first kappa shape index (κ1) is 8.75. The molecule has 0 aliphatic heterocycles. The van der Waals surface area contributed by atoms with Crippen LogP contribution in [0.3, 0.4) is 0 Å². The molecule has 0 heterocycles. The van der Waals surface area contributed by atoms with E-state index in [-0.39, 0.29) is 0 Å². The molecule has 1 N–H and O–H groups in total. The minimum atomic E-state index is 0.838. The van der Waals surface area contributed by atoms with Crippen LogP contribution in [0.2, 0.25) is 0 Å². The molecule has 1 fully saturated rings. The molecule has 0 aromatic rings. The number of hydrogen-bond acceptors (Lipinski definition) is 2. The van der Waals surface area contributed by atoms with Crippen LogP contribution in [-0.4, -0.2) is 26.3 Å². The monoisotopic (exact) mass is 155 g/mol. The molecule has 0 aromatic heterocycles. The molecule has 2 heteroatoms. The Morgan fingerprint density at radius 1 is 1.55 bits per heavy atom. The molecule has 0 amide bonds. The van der Waals surface area contributed by atoms with Gasteiger partial charge in [0.2, 0.25) is 0 Å². The molecule has 1 aliphatic rings. The summed E-state index contributed by atoms with van der Waals surface area (Å²) < 4.78 is 5.41. The third-order valence-corrected chi connectivity index (χ3v) is 1.76. The largest absolute Gasteiger partial charge is 0.380 e. The van der Waals surface area contributed by atoms with E-state index in [1.165, 1.54) is 12.8 Å². The lowest BCUT2D eigenvalue weighted by atomic mass is 10.5. The van der Waals surface area contributed by atoms with Crippen molar-refractivity contribution in [2.75, 3.05) is 26.3 Å². The van der Waals surface area contributed by atoms with Gasteiger partial charge in [-0.05, 0) is 18.8 Å². The van der Waals surface area contributed by atoms with Crippen LogP contribution in [0.1, 0.15) is 12.8 Å². The fourth-order valence-corrected chi connectivity index (χ4v) is 0.883. The number of rotatable bonds is 7. The molecule has 0 spiro atoms. The predicted molar refractivity (Wildman–Crippen MR) is 46.6 cm³/mol. The van der Waals surface area contributed by atoms with Gasteiger partial charge in [0.25, 0.3) is 0 Å². The van der Waals surface area contributed by atoms with Gasteiger partial charge in [0.05, 0.1) is 6.61 Å². The van der Waals surface area contributed by atoms with Gasteiger partial charge >= 0.3 is 0 Å². The van der Waals surface area contributed by atoms with E-state index in [9.17, 15) is 0 Å². The average molecular weight is 155 g/mol. The van der Waals surface area contributed by atoms with Crippen molar-refractivity contribution >= 4 is 0 Å². The molecule has 0 radical (unpaired) electrons. The van der Waals surface area contributed by atoms with Crippen molar-refractivity contribution in [1.29, 1.82) is 0 Å². The first-order valence-corrected chi connectivity index (χ1v) is 4.33. The molecule has 11 heavy (non-hydrogen) atoms. The Bertz CT molecular complexity index is 110. The Morgan fingerprint density at radius 3 is 3.00 bits per heavy atom. The summed E-state index contributed by atoms with van der Waals surface area (Å²) in [7, 11) is 0. The van der Waals surface area contributed by atoms with Crippen molar-refractivity contribution < 1.29 is 4.74 Å². The lowest BCUT2D eigenvalue weighted by molar-refractivity contribution is 0.127. The SMILES string of the molecule is C=CCNCCOCC1CC1. The normalized spacial score (nSPS) is 16.7. The van der Waals surface area contributed by atoms with Gasteiger partial charge in [-0.25, -0.2) is 0 Å². The van der Waals surface area contributed by atoms with E-state index in [4.69, 9.17) is 4.74 Å². The third-order valence-electron chi connectivity index (χ3n) is 1.76. The van der Waals surface area contributed by atoms with Crippen molar-refractivity contribution in [3.63, 3.8) is 0 Å². The van der Waals surface area contributed by atoms with E-state index < -0.39 is 0 Å². The topological polar surface area (TPSA) is 21.3 Å². The fourth-order valence-electron chi connectivity index (χ4n) is 0.883. The van der Waals surface area contributed by atoms with Gasteiger partial charge < -0.3 is 10.1 Å². The molecule has 1 aliphatic carbocycles. The Hall–Kier alpha value is -0.340. The molecule has 0 saturated heterocycles. The Kier molecular flexibility index (Phi) is 4.24. The highest BCUT2D eigenvalue weighted by Crippen LogP contribution is 2.28. The molecule has 64 valence electrons.